The highest BCUT2D eigenvalue weighted by atomic mass is 79.9. The molecule has 2 heterocycles. The van der Waals surface area contributed by atoms with Gasteiger partial charge in [0.2, 0.25) is 0 Å². The Balaban J connectivity index is 1.71. The standard InChI is InChI=1S/C16H22BrFN2/c17-13-10-12(6-7-14(13)18)11-20-9-2-1-5-16(20)15-4-3-8-19-15/h6-7,10,15-16,19H,1-5,8-9,11H2. The molecule has 0 bridgehead atoms. The molecule has 0 amide bonds. The number of hydrogen-bond donors (Lipinski definition) is 1. The number of nitrogens with zero attached hydrogens (tertiary/aromatic N) is 1. The average molecular weight is 341 g/mol. The second-order valence-corrected chi connectivity index (χ2v) is 6.84. The van der Waals surface area contributed by atoms with E-state index < -0.39 is 0 Å². The molecule has 2 atom stereocenters. The lowest BCUT2D eigenvalue weighted by molar-refractivity contribution is 0.112. The predicted molar refractivity (Wildman–Crippen MR) is 83.2 cm³/mol. The van der Waals surface area contributed by atoms with Crippen LogP contribution in [0.2, 0.25) is 0 Å². The van der Waals surface area contributed by atoms with Gasteiger partial charge in [-0.05, 0) is 72.4 Å². The molecule has 3 rings (SSSR count). The maximum atomic E-state index is 13.3. The van der Waals surface area contributed by atoms with Gasteiger partial charge >= 0.3 is 0 Å². The highest BCUT2D eigenvalue weighted by Crippen LogP contribution is 2.26. The van der Waals surface area contributed by atoms with Crippen LogP contribution in [0.1, 0.15) is 37.7 Å². The first-order chi connectivity index (χ1) is 9.74. The molecule has 110 valence electrons. The van der Waals surface area contributed by atoms with E-state index in [2.05, 4.69) is 26.1 Å². The van der Waals surface area contributed by atoms with Gasteiger partial charge in [0.25, 0.3) is 0 Å². The summed E-state index contributed by atoms with van der Waals surface area (Å²) in [4.78, 5) is 2.59. The number of halogens is 2. The second-order valence-electron chi connectivity index (χ2n) is 5.98. The van der Waals surface area contributed by atoms with Crippen LogP contribution in [-0.2, 0) is 6.54 Å². The lowest BCUT2D eigenvalue weighted by Crippen LogP contribution is -2.49. The zero-order chi connectivity index (χ0) is 13.9. The summed E-state index contributed by atoms with van der Waals surface area (Å²) in [5.74, 6) is -0.179. The van der Waals surface area contributed by atoms with Gasteiger partial charge in [-0.1, -0.05) is 12.5 Å². The Morgan fingerprint density at radius 1 is 1.25 bits per heavy atom. The molecule has 2 aliphatic heterocycles. The summed E-state index contributed by atoms with van der Waals surface area (Å²) in [6, 6.07) is 6.69. The van der Waals surface area contributed by atoms with Gasteiger partial charge in [-0.15, -0.1) is 0 Å². The first-order valence-corrected chi connectivity index (χ1v) is 8.45. The summed E-state index contributed by atoms with van der Waals surface area (Å²) < 4.78 is 13.9. The summed E-state index contributed by atoms with van der Waals surface area (Å²) in [6.07, 6.45) is 6.52. The van der Waals surface area contributed by atoms with Gasteiger partial charge in [-0.2, -0.15) is 0 Å². The Bertz CT molecular complexity index is 460. The van der Waals surface area contributed by atoms with E-state index in [1.807, 2.05) is 12.1 Å². The molecule has 1 aromatic carbocycles. The molecule has 0 radical (unpaired) electrons. The molecule has 2 nitrogen and oxygen atoms in total. The largest absolute Gasteiger partial charge is 0.312 e. The van der Waals surface area contributed by atoms with Gasteiger partial charge in [-0.3, -0.25) is 4.90 Å². The Labute approximate surface area is 128 Å². The lowest BCUT2D eigenvalue weighted by atomic mass is 9.94. The van der Waals surface area contributed by atoms with E-state index in [1.165, 1.54) is 37.7 Å². The normalized spacial score (nSPS) is 27.9. The third-order valence-corrected chi connectivity index (χ3v) is 5.20. The number of hydrogen-bond acceptors (Lipinski definition) is 2. The number of benzene rings is 1. The van der Waals surface area contributed by atoms with Crippen LogP contribution in [0.15, 0.2) is 22.7 Å². The molecule has 1 N–H and O–H groups in total. The summed E-state index contributed by atoms with van der Waals surface area (Å²) >= 11 is 3.29. The minimum absolute atomic E-state index is 0.179. The SMILES string of the molecule is Fc1ccc(CN2CCCCC2C2CCCN2)cc1Br. The van der Waals surface area contributed by atoms with Crippen LogP contribution in [0, 0.1) is 5.82 Å². The van der Waals surface area contributed by atoms with Crippen molar-refractivity contribution in [1.82, 2.24) is 10.2 Å². The molecule has 2 unspecified atom stereocenters. The van der Waals surface area contributed by atoms with Gasteiger partial charge in [0.15, 0.2) is 0 Å². The summed E-state index contributed by atoms with van der Waals surface area (Å²) in [5.41, 5.74) is 1.20. The highest BCUT2D eigenvalue weighted by Gasteiger charge is 2.31. The van der Waals surface area contributed by atoms with E-state index in [9.17, 15) is 4.39 Å². The molecule has 20 heavy (non-hydrogen) atoms. The molecule has 2 fully saturated rings. The minimum Gasteiger partial charge on any atom is -0.312 e. The summed E-state index contributed by atoms with van der Waals surface area (Å²) in [7, 11) is 0. The molecule has 2 saturated heterocycles. The maximum Gasteiger partial charge on any atom is 0.137 e. The van der Waals surface area contributed by atoms with Gasteiger partial charge in [-0.25, -0.2) is 4.39 Å². The molecule has 0 aromatic heterocycles. The summed E-state index contributed by atoms with van der Waals surface area (Å²) in [5, 5.41) is 3.65. The van der Waals surface area contributed by atoms with E-state index in [0.717, 1.165) is 19.6 Å². The van der Waals surface area contributed by atoms with Crippen LogP contribution in [0.3, 0.4) is 0 Å². The zero-order valence-corrected chi connectivity index (χ0v) is 13.3. The monoisotopic (exact) mass is 340 g/mol. The van der Waals surface area contributed by atoms with Crippen LogP contribution in [0.4, 0.5) is 4.39 Å². The van der Waals surface area contributed by atoms with Crippen LogP contribution < -0.4 is 5.32 Å². The smallest absolute Gasteiger partial charge is 0.137 e. The molecule has 4 heteroatoms. The van der Waals surface area contributed by atoms with E-state index in [0.29, 0.717) is 16.6 Å². The Morgan fingerprint density at radius 3 is 2.90 bits per heavy atom. The van der Waals surface area contributed by atoms with Gasteiger partial charge < -0.3 is 5.32 Å². The van der Waals surface area contributed by atoms with Gasteiger partial charge in [0, 0.05) is 18.6 Å². The van der Waals surface area contributed by atoms with Crippen molar-refractivity contribution in [3.63, 3.8) is 0 Å². The zero-order valence-electron chi connectivity index (χ0n) is 11.7. The number of rotatable bonds is 3. The van der Waals surface area contributed by atoms with E-state index in [-0.39, 0.29) is 5.82 Å². The Morgan fingerprint density at radius 2 is 2.15 bits per heavy atom. The molecule has 0 aliphatic carbocycles. The first-order valence-electron chi connectivity index (χ1n) is 7.65. The summed E-state index contributed by atoms with van der Waals surface area (Å²) in [6.45, 7) is 3.26. The van der Waals surface area contributed by atoms with Crippen molar-refractivity contribution >= 4 is 15.9 Å². The van der Waals surface area contributed by atoms with Crippen LogP contribution >= 0.6 is 15.9 Å². The highest BCUT2D eigenvalue weighted by molar-refractivity contribution is 9.10. The quantitative estimate of drug-likeness (QED) is 0.902. The van der Waals surface area contributed by atoms with Crippen molar-refractivity contribution in [2.24, 2.45) is 0 Å². The third kappa shape index (κ3) is 3.23. The maximum absolute atomic E-state index is 13.3. The average Bonchev–Trinajstić information content (AvgIpc) is 2.97. The van der Waals surface area contributed by atoms with Crippen molar-refractivity contribution in [2.75, 3.05) is 13.1 Å². The predicted octanol–water partition coefficient (Wildman–Crippen LogP) is 3.69. The first kappa shape index (κ1) is 14.5. The topological polar surface area (TPSA) is 15.3 Å². The molecule has 1 aromatic rings. The fraction of sp³-hybridized carbons (Fsp3) is 0.625. The Kier molecular flexibility index (Phi) is 4.74. The van der Waals surface area contributed by atoms with Crippen molar-refractivity contribution in [3.8, 4) is 0 Å². The Hall–Kier alpha value is -0.450. The van der Waals surface area contributed by atoms with Crippen molar-refractivity contribution in [2.45, 2.75) is 50.7 Å². The molecule has 0 saturated carbocycles. The third-order valence-electron chi connectivity index (χ3n) is 4.60. The number of likely N-dealkylation sites (tertiary alicyclic amines) is 1. The fourth-order valence-corrected chi connectivity index (χ4v) is 4.01. The fourth-order valence-electron chi connectivity index (χ4n) is 3.58. The van der Waals surface area contributed by atoms with Crippen LogP contribution in [-0.4, -0.2) is 30.1 Å². The second kappa shape index (κ2) is 6.54. The van der Waals surface area contributed by atoms with Crippen molar-refractivity contribution in [1.29, 1.82) is 0 Å². The van der Waals surface area contributed by atoms with Crippen LogP contribution in [0.25, 0.3) is 0 Å². The molecular weight excluding hydrogens is 319 g/mol. The van der Waals surface area contributed by atoms with E-state index in [4.69, 9.17) is 0 Å². The molecule has 0 spiro atoms. The lowest BCUT2D eigenvalue weighted by Gasteiger charge is -2.39. The minimum atomic E-state index is -0.179. The van der Waals surface area contributed by atoms with Crippen molar-refractivity contribution in [3.05, 3.63) is 34.1 Å². The van der Waals surface area contributed by atoms with E-state index in [1.54, 1.807) is 6.07 Å². The molecular formula is C16H22BrFN2. The number of piperidine rings is 1. The van der Waals surface area contributed by atoms with Crippen LogP contribution in [0.5, 0.6) is 0 Å². The van der Waals surface area contributed by atoms with Crippen molar-refractivity contribution < 1.29 is 4.39 Å². The van der Waals surface area contributed by atoms with E-state index >= 15 is 0 Å². The van der Waals surface area contributed by atoms with Gasteiger partial charge in [0.1, 0.15) is 5.82 Å². The van der Waals surface area contributed by atoms with Gasteiger partial charge in [0.05, 0.1) is 4.47 Å². The molecule has 2 aliphatic rings. The number of nitrogens with one attached hydrogen (secondary N) is 1.